The summed E-state index contributed by atoms with van der Waals surface area (Å²) in [5.74, 6) is -1.44. The number of hydrogen-bond acceptors (Lipinski definition) is 5. The van der Waals surface area contributed by atoms with E-state index < -0.39 is 19.2 Å². The first-order valence-corrected chi connectivity index (χ1v) is 12.2. The van der Waals surface area contributed by atoms with Crippen molar-refractivity contribution in [3.8, 4) is 10.4 Å². The van der Waals surface area contributed by atoms with Crippen molar-refractivity contribution in [1.29, 1.82) is 0 Å². The van der Waals surface area contributed by atoms with E-state index in [0.717, 1.165) is 16.0 Å². The van der Waals surface area contributed by atoms with Gasteiger partial charge in [-0.3, -0.25) is 4.57 Å². The second kappa shape index (κ2) is 8.65. The molecule has 4 aromatic rings. The molecule has 4 rings (SSSR count). The van der Waals surface area contributed by atoms with E-state index >= 15 is 0 Å². The third-order valence-corrected chi connectivity index (χ3v) is 7.44. The molecule has 0 aliphatic rings. The summed E-state index contributed by atoms with van der Waals surface area (Å²) >= 11 is 7.68. The fourth-order valence-corrected chi connectivity index (χ4v) is 5.07. The second-order valence-corrected chi connectivity index (χ2v) is 10.3. The molecule has 0 radical (unpaired) electrons. The van der Waals surface area contributed by atoms with Gasteiger partial charge in [-0.2, -0.15) is 0 Å². The van der Waals surface area contributed by atoms with E-state index in [1.165, 1.54) is 35.9 Å². The van der Waals surface area contributed by atoms with E-state index in [1.807, 2.05) is 31.2 Å². The second-order valence-electron chi connectivity index (χ2n) is 7.10. The van der Waals surface area contributed by atoms with Crippen molar-refractivity contribution in [1.82, 2.24) is 9.97 Å². The van der Waals surface area contributed by atoms with Crippen LogP contribution < -0.4 is 5.32 Å². The Kier molecular flexibility index (Phi) is 6.10. The molecule has 0 saturated heterocycles. The maximum atomic E-state index is 13.5. The first-order chi connectivity index (χ1) is 14.7. The minimum Gasteiger partial charge on any atom is -0.355 e. The molecule has 2 aromatic carbocycles. The Bertz CT molecular complexity index is 1310. The van der Waals surface area contributed by atoms with Gasteiger partial charge in [0, 0.05) is 16.3 Å². The normalized spacial score (nSPS) is 12.8. The van der Waals surface area contributed by atoms with Crippen LogP contribution in [0, 0.1) is 12.7 Å². The van der Waals surface area contributed by atoms with Gasteiger partial charge in [0.25, 0.3) is 0 Å². The molecule has 0 aliphatic heterocycles. The topological polar surface area (TPSA) is 95.3 Å². The molecule has 2 aromatic heterocycles. The molecule has 31 heavy (non-hydrogen) atoms. The number of nitrogens with zero attached hydrogens (tertiary/aromatic N) is 2. The Balaban J connectivity index is 1.69. The smallest absolute Gasteiger partial charge is 0.347 e. The van der Waals surface area contributed by atoms with Gasteiger partial charge in [0.1, 0.15) is 28.6 Å². The lowest BCUT2D eigenvalue weighted by Crippen LogP contribution is -2.23. The van der Waals surface area contributed by atoms with E-state index in [4.69, 9.17) is 11.6 Å². The Morgan fingerprint density at radius 3 is 2.71 bits per heavy atom. The van der Waals surface area contributed by atoms with Crippen LogP contribution in [0.3, 0.4) is 0 Å². The molecule has 0 bridgehead atoms. The maximum Gasteiger partial charge on any atom is 0.347 e. The summed E-state index contributed by atoms with van der Waals surface area (Å²) in [7, 11) is -4.57. The molecule has 6 nitrogen and oxygen atoms in total. The van der Waals surface area contributed by atoms with Crippen LogP contribution in [-0.4, -0.2) is 25.5 Å². The van der Waals surface area contributed by atoms with Gasteiger partial charge in [-0.15, -0.1) is 11.3 Å². The van der Waals surface area contributed by atoms with Crippen LogP contribution in [0.15, 0.2) is 54.9 Å². The fraction of sp³-hybridized carbons (Fsp3) is 0.143. The largest absolute Gasteiger partial charge is 0.355 e. The third kappa shape index (κ3) is 4.95. The summed E-state index contributed by atoms with van der Waals surface area (Å²) < 4.78 is 25.7. The number of aryl methyl sites for hydroxylation is 1. The first kappa shape index (κ1) is 21.9. The quantitative estimate of drug-likeness (QED) is 0.312. The Morgan fingerprint density at radius 2 is 2.00 bits per heavy atom. The van der Waals surface area contributed by atoms with Crippen LogP contribution >= 0.6 is 30.5 Å². The van der Waals surface area contributed by atoms with Crippen molar-refractivity contribution in [3.05, 3.63) is 76.8 Å². The Morgan fingerprint density at radius 1 is 1.19 bits per heavy atom. The number of hydrogen-bond donors (Lipinski definition) is 3. The first-order valence-electron chi connectivity index (χ1n) is 9.28. The highest BCUT2D eigenvalue weighted by molar-refractivity contribution is 7.52. The van der Waals surface area contributed by atoms with Crippen LogP contribution in [-0.2, 0) is 11.0 Å². The van der Waals surface area contributed by atoms with Crippen molar-refractivity contribution in [2.45, 2.75) is 19.1 Å². The number of rotatable bonds is 6. The molecule has 1 atom stereocenters. The Hall–Kier alpha value is -2.35. The molecule has 0 amide bonds. The van der Waals surface area contributed by atoms with Gasteiger partial charge >= 0.3 is 7.60 Å². The maximum absolute atomic E-state index is 13.5. The number of halogens is 2. The van der Waals surface area contributed by atoms with Gasteiger partial charge in [-0.05, 0) is 47.9 Å². The monoisotopic (exact) mass is 477 g/mol. The minimum absolute atomic E-state index is 0.0713. The molecular formula is C21H18ClFN3O3PS. The molecule has 0 saturated carbocycles. The average Bonchev–Trinajstić information content (AvgIpc) is 3.14. The molecule has 160 valence electrons. The molecule has 3 N–H and O–H groups in total. The van der Waals surface area contributed by atoms with Gasteiger partial charge in [-0.1, -0.05) is 35.9 Å². The van der Waals surface area contributed by atoms with Gasteiger partial charge in [0.05, 0.1) is 5.39 Å². The summed E-state index contributed by atoms with van der Waals surface area (Å²) in [5.41, 5.74) is 2.35. The van der Waals surface area contributed by atoms with Crippen LogP contribution in [0.25, 0.3) is 20.7 Å². The number of thiophene rings is 1. The van der Waals surface area contributed by atoms with Crippen molar-refractivity contribution in [3.63, 3.8) is 0 Å². The lowest BCUT2D eigenvalue weighted by molar-refractivity contribution is 0.361. The molecule has 0 spiro atoms. The highest BCUT2D eigenvalue weighted by Gasteiger charge is 2.30. The van der Waals surface area contributed by atoms with E-state index in [1.54, 1.807) is 6.07 Å². The SMILES string of the molecule is Cc1ccc(-c2cc3c(N[C@@H](Cc4cccc(F)c4)P(=O)(O)O)ncnc3s2)cc1Cl. The zero-order valence-corrected chi connectivity index (χ0v) is 18.8. The molecule has 2 heterocycles. The van der Waals surface area contributed by atoms with E-state index in [9.17, 15) is 18.7 Å². The van der Waals surface area contributed by atoms with Crippen LogP contribution in [0.4, 0.5) is 10.2 Å². The summed E-state index contributed by atoms with van der Waals surface area (Å²) in [6.07, 6.45) is 1.27. The van der Waals surface area contributed by atoms with Gasteiger partial charge in [0.2, 0.25) is 0 Å². The predicted molar refractivity (Wildman–Crippen MR) is 122 cm³/mol. The van der Waals surface area contributed by atoms with Crippen molar-refractivity contribution < 1.29 is 18.7 Å². The summed E-state index contributed by atoms with van der Waals surface area (Å²) in [4.78, 5) is 29.8. The third-order valence-electron chi connectivity index (χ3n) is 4.81. The van der Waals surface area contributed by atoms with Gasteiger partial charge < -0.3 is 15.1 Å². The van der Waals surface area contributed by atoms with Crippen LogP contribution in [0.2, 0.25) is 5.02 Å². The highest BCUT2D eigenvalue weighted by atomic mass is 35.5. The number of anilines is 1. The fourth-order valence-electron chi connectivity index (χ4n) is 3.16. The van der Waals surface area contributed by atoms with Gasteiger partial charge in [-0.25, -0.2) is 14.4 Å². The lowest BCUT2D eigenvalue weighted by Gasteiger charge is -2.21. The predicted octanol–water partition coefficient (Wildman–Crippen LogP) is 5.62. The molecule has 0 fully saturated rings. The minimum atomic E-state index is -4.57. The Labute approximate surface area is 186 Å². The van der Waals surface area contributed by atoms with E-state index in [-0.39, 0.29) is 6.42 Å². The number of benzene rings is 2. The zero-order chi connectivity index (χ0) is 22.2. The summed E-state index contributed by atoms with van der Waals surface area (Å²) in [5, 5.41) is 4.14. The summed E-state index contributed by atoms with van der Waals surface area (Å²) in [6.45, 7) is 1.92. The molecule has 0 aliphatic carbocycles. The van der Waals surface area contributed by atoms with Crippen molar-refractivity contribution >= 4 is 46.6 Å². The zero-order valence-electron chi connectivity index (χ0n) is 16.3. The number of aromatic nitrogens is 2. The van der Waals surface area contributed by atoms with Crippen molar-refractivity contribution in [2.75, 3.05) is 5.32 Å². The lowest BCUT2D eigenvalue weighted by atomic mass is 10.1. The number of nitrogens with one attached hydrogen (secondary N) is 1. The average molecular weight is 478 g/mol. The molecular weight excluding hydrogens is 460 g/mol. The molecule has 0 unspecified atom stereocenters. The van der Waals surface area contributed by atoms with E-state index in [2.05, 4.69) is 15.3 Å². The van der Waals surface area contributed by atoms with E-state index in [0.29, 0.717) is 26.6 Å². The standard InChI is InChI=1S/C21H18ClFN3O3PS/c1-12-5-6-14(9-17(12)22)18-10-16-20(24-11-25-21(16)31-18)26-19(30(27,28)29)8-13-3-2-4-15(23)7-13/h2-7,9-11,19H,8H2,1H3,(H,24,25,26)(H2,27,28,29)/t19-/m1/s1. The molecule has 10 heteroatoms. The number of fused-ring (bicyclic) bond motifs is 1. The van der Waals surface area contributed by atoms with Crippen LogP contribution in [0.1, 0.15) is 11.1 Å². The van der Waals surface area contributed by atoms with Crippen molar-refractivity contribution in [2.24, 2.45) is 0 Å². The highest BCUT2D eigenvalue weighted by Crippen LogP contribution is 2.44. The van der Waals surface area contributed by atoms with Crippen LogP contribution in [0.5, 0.6) is 0 Å². The summed E-state index contributed by atoms with van der Waals surface area (Å²) in [6, 6.07) is 13.3. The van der Waals surface area contributed by atoms with Gasteiger partial charge in [0.15, 0.2) is 0 Å².